The normalized spacial score (nSPS) is 27.0. The fourth-order valence-electron chi connectivity index (χ4n) is 2.15. The summed E-state index contributed by atoms with van der Waals surface area (Å²) >= 11 is 0. The van der Waals surface area contributed by atoms with Crippen LogP contribution in [0.25, 0.3) is 0 Å². The molecule has 1 saturated heterocycles. The first kappa shape index (κ1) is 12.5. The smallest absolute Gasteiger partial charge is 0.222 e. The lowest BCUT2D eigenvalue weighted by Gasteiger charge is -2.11. The number of rotatable bonds is 0. The second-order valence-corrected chi connectivity index (χ2v) is 4.81. The summed E-state index contributed by atoms with van der Waals surface area (Å²) < 4.78 is 0. The van der Waals surface area contributed by atoms with Gasteiger partial charge in [0.25, 0.3) is 0 Å². The van der Waals surface area contributed by atoms with Crippen molar-refractivity contribution in [3.05, 3.63) is 0 Å². The zero-order valence-electron chi connectivity index (χ0n) is 10.1. The van der Waals surface area contributed by atoms with Gasteiger partial charge in [0.2, 0.25) is 5.91 Å². The van der Waals surface area contributed by atoms with E-state index in [0.717, 1.165) is 19.4 Å². The van der Waals surface area contributed by atoms with Crippen LogP contribution in [0.3, 0.4) is 0 Å². The van der Waals surface area contributed by atoms with Gasteiger partial charge >= 0.3 is 0 Å². The van der Waals surface area contributed by atoms with Crippen LogP contribution in [0.1, 0.15) is 64.7 Å². The van der Waals surface area contributed by atoms with Gasteiger partial charge in [0, 0.05) is 12.5 Å². The van der Waals surface area contributed by atoms with E-state index in [1.807, 2.05) is 0 Å². The third-order valence-electron chi connectivity index (χ3n) is 3.31. The molecular weight excluding hydrogens is 186 g/mol. The highest BCUT2D eigenvalue weighted by Gasteiger charge is 2.11. The van der Waals surface area contributed by atoms with Crippen LogP contribution in [0.5, 0.6) is 0 Å². The van der Waals surface area contributed by atoms with E-state index in [2.05, 4.69) is 12.2 Å². The maximum absolute atomic E-state index is 11.6. The molecule has 2 nitrogen and oxygen atoms in total. The highest BCUT2D eigenvalue weighted by Crippen LogP contribution is 2.14. The number of hydrogen-bond donors (Lipinski definition) is 1. The molecule has 0 aliphatic carbocycles. The first-order chi connectivity index (χ1) is 7.30. The van der Waals surface area contributed by atoms with Gasteiger partial charge in [0.15, 0.2) is 0 Å². The van der Waals surface area contributed by atoms with Crippen LogP contribution in [-0.2, 0) is 4.79 Å². The topological polar surface area (TPSA) is 29.1 Å². The summed E-state index contributed by atoms with van der Waals surface area (Å²) in [5.74, 6) is 0.472. The molecule has 0 radical (unpaired) electrons. The van der Waals surface area contributed by atoms with Crippen molar-refractivity contribution < 1.29 is 4.79 Å². The summed E-state index contributed by atoms with van der Waals surface area (Å²) in [6.45, 7) is 2.93. The van der Waals surface area contributed by atoms with Crippen LogP contribution >= 0.6 is 0 Å². The standard InChI is InChI=1S/C13H25NO/c1-12-10-8-6-4-2-3-5-7-9-11-14-13(12)15/h12H,2-11H2,1H3,(H,14,15)/t12-/m0/s1. The predicted octanol–water partition coefficient (Wildman–Crippen LogP) is 3.26. The van der Waals surface area contributed by atoms with Gasteiger partial charge in [-0.3, -0.25) is 4.79 Å². The fraction of sp³-hybridized carbons (Fsp3) is 0.923. The SMILES string of the molecule is C[C@H]1CCCCCCCCCCNC1=O. The molecule has 88 valence electrons. The first-order valence-corrected chi connectivity index (χ1v) is 6.58. The third kappa shape index (κ3) is 5.81. The number of amides is 1. The number of carbonyl (C=O) groups excluding carboxylic acids is 1. The molecule has 0 saturated carbocycles. The zero-order chi connectivity index (χ0) is 10.9. The molecule has 0 spiro atoms. The Morgan fingerprint density at radius 3 is 2.13 bits per heavy atom. The molecule has 0 aromatic heterocycles. The Kier molecular flexibility index (Phi) is 6.45. The minimum absolute atomic E-state index is 0.214. The van der Waals surface area contributed by atoms with Gasteiger partial charge in [0.05, 0.1) is 0 Å². The molecule has 1 rings (SSSR count). The molecule has 1 heterocycles. The van der Waals surface area contributed by atoms with Crippen molar-refractivity contribution in [2.45, 2.75) is 64.7 Å². The summed E-state index contributed by atoms with van der Waals surface area (Å²) in [7, 11) is 0. The Hall–Kier alpha value is -0.530. The quantitative estimate of drug-likeness (QED) is 0.654. The lowest BCUT2D eigenvalue weighted by atomic mass is 10.0. The van der Waals surface area contributed by atoms with Crippen LogP contribution < -0.4 is 5.32 Å². The Labute approximate surface area is 93.8 Å². The van der Waals surface area contributed by atoms with E-state index in [9.17, 15) is 4.79 Å². The summed E-state index contributed by atoms with van der Waals surface area (Å²) in [6.07, 6.45) is 11.5. The molecular formula is C13H25NO. The highest BCUT2D eigenvalue weighted by atomic mass is 16.1. The van der Waals surface area contributed by atoms with E-state index in [4.69, 9.17) is 0 Å². The average molecular weight is 211 g/mol. The van der Waals surface area contributed by atoms with E-state index in [-0.39, 0.29) is 11.8 Å². The van der Waals surface area contributed by atoms with Crippen molar-refractivity contribution in [2.24, 2.45) is 5.92 Å². The summed E-state index contributed by atoms with van der Waals surface area (Å²) in [6, 6.07) is 0. The molecule has 1 atom stereocenters. The van der Waals surface area contributed by atoms with Crippen LogP contribution in [0.2, 0.25) is 0 Å². The van der Waals surface area contributed by atoms with Crippen molar-refractivity contribution >= 4 is 5.91 Å². The third-order valence-corrected chi connectivity index (χ3v) is 3.31. The van der Waals surface area contributed by atoms with E-state index in [0.29, 0.717) is 0 Å². The molecule has 0 unspecified atom stereocenters. The molecule has 1 aliphatic heterocycles. The molecule has 1 fully saturated rings. The second kappa shape index (κ2) is 7.72. The second-order valence-electron chi connectivity index (χ2n) is 4.81. The first-order valence-electron chi connectivity index (χ1n) is 6.58. The van der Waals surface area contributed by atoms with Gasteiger partial charge in [-0.05, 0) is 12.8 Å². The van der Waals surface area contributed by atoms with E-state index in [1.54, 1.807) is 0 Å². The lowest BCUT2D eigenvalue weighted by molar-refractivity contribution is -0.124. The maximum Gasteiger partial charge on any atom is 0.222 e. The molecule has 2 heteroatoms. The van der Waals surface area contributed by atoms with Gasteiger partial charge in [-0.15, -0.1) is 0 Å². The molecule has 0 aromatic rings. The maximum atomic E-state index is 11.6. The molecule has 1 N–H and O–H groups in total. The van der Waals surface area contributed by atoms with Gasteiger partial charge in [0.1, 0.15) is 0 Å². The van der Waals surface area contributed by atoms with E-state index < -0.39 is 0 Å². The van der Waals surface area contributed by atoms with Crippen molar-refractivity contribution in [1.29, 1.82) is 0 Å². The average Bonchev–Trinajstić information content (AvgIpc) is 2.25. The molecule has 1 amide bonds. The molecule has 0 aromatic carbocycles. The Bertz CT molecular complexity index is 179. The van der Waals surface area contributed by atoms with Gasteiger partial charge in [-0.2, -0.15) is 0 Å². The summed E-state index contributed by atoms with van der Waals surface area (Å²) in [4.78, 5) is 11.6. The fourth-order valence-corrected chi connectivity index (χ4v) is 2.15. The predicted molar refractivity (Wildman–Crippen MR) is 63.7 cm³/mol. The monoisotopic (exact) mass is 211 g/mol. The van der Waals surface area contributed by atoms with E-state index in [1.165, 1.54) is 44.9 Å². The van der Waals surface area contributed by atoms with Gasteiger partial charge in [-0.1, -0.05) is 51.9 Å². The minimum Gasteiger partial charge on any atom is -0.356 e. The Balaban J connectivity index is 2.27. The highest BCUT2D eigenvalue weighted by molar-refractivity contribution is 5.78. The lowest BCUT2D eigenvalue weighted by Crippen LogP contribution is -2.29. The van der Waals surface area contributed by atoms with Crippen molar-refractivity contribution in [3.8, 4) is 0 Å². The van der Waals surface area contributed by atoms with Gasteiger partial charge < -0.3 is 5.32 Å². The number of nitrogens with one attached hydrogen (secondary N) is 1. The Morgan fingerprint density at radius 1 is 0.933 bits per heavy atom. The zero-order valence-corrected chi connectivity index (χ0v) is 10.1. The summed E-state index contributed by atoms with van der Waals surface area (Å²) in [5, 5.41) is 3.03. The van der Waals surface area contributed by atoms with E-state index >= 15 is 0 Å². The van der Waals surface area contributed by atoms with Crippen LogP contribution in [0.15, 0.2) is 0 Å². The summed E-state index contributed by atoms with van der Waals surface area (Å²) in [5.41, 5.74) is 0. The van der Waals surface area contributed by atoms with Crippen molar-refractivity contribution in [2.75, 3.05) is 6.54 Å². The minimum atomic E-state index is 0.214. The molecule has 15 heavy (non-hydrogen) atoms. The van der Waals surface area contributed by atoms with Crippen LogP contribution in [0, 0.1) is 5.92 Å². The van der Waals surface area contributed by atoms with Crippen LogP contribution in [-0.4, -0.2) is 12.5 Å². The van der Waals surface area contributed by atoms with Crippen molar-refractivity contribution in [3.63, 3.8) is 0 Å². The van der Waals surface area contributed by atoms with Crippen molar-refractivity contribution in [1.82, 2.24) is 5.32 Å². The number of carbonyl (C=O) groups is 1. The molecule has 0 bridgehead atoms. The molecule has 1 aliphatic rings. The van der Waals surface area contributed by atoms with Gasteiger partial charge in [-0.25, -0.2) is 0 Å². The Morgan fingerprint density at radius 2 is 1.47 bits per heavy atom. The van der Waals surface area contributed by atoms with Crippen LogP contribution in [0.4, 0.5) is 0 Å². The largest absolute Gasteiger partial charge is 0.356 e. The number of hydrogen-bond acceptors (Lipinski definition) is 1.